The smallest absolute Gasteiger partial charge is 0.169 e. The average Bonchev–Trinajstić information content (AvgIpc) is 2.42. The number of halogens is 2. The van der Waals surface area contributed by atoms with Gasteiger partial charge >= 0.3 is 0 Å². The molecule has 1 aliphatic rings. The Balaban J connectivity index is 2.15. The van der Waals surface area contributed by atoms with Crippen LogP contribution in [0.4, 0.5) is 0 Å². The van der Waals surface area contributed by atoms with Crippen LogP contribution in [0.1, 0.15) is 37.7 Å². The van der Waals surface area contributed by atoms with Gasteiger partial charge < -0.3 is 4.74 Å². The number of ether oxygens (including phenoxy) is 1. The first-order valence-corrected chi connectivity index (χ1v) is 7.35. The van der Waals surface area contributed by atoms with Gasteiger partial charge in [0.15, 0.2) is 5.78 Å². The van der Waals surface area contributed by atoms with E-state index in [0.29, 0.717) is 16.5 Å². The lowest BCUT2D eigenvalue weighted by Gasteiger charge is -2.34. The lowest BCUT2D eigenvalue weighted by molar-refractivity contribution is -0.144. The van der Waals surface area contributed by atoms with Gasteiger partial charge in [-0.15, -0.1) is 0 Å². The second kappa shape index (κ2) is 6.25. The molecule has 4 heteroatoms. The molecule has 0 unspecified atom stereocenters. The van der Waals surface area contributed by atoms with Crippen LogP contribution < -0.4 is 0 Å². The summed E-state index contributed by atoms with van der Waals surface area (Å²) in [4.78, 5) is 12.5. The van der Waals surface area contributed by atoms with Crippen LogP contribution in [0, 0.1) is 0 Å². The fourth-order valence-corrected chi connectivity index (χ4v) is 3.19. The zero-order valence-corrected chi connectivity index (χ0v) is 12.6. The number of rotatable bonds is 4. The molecule has 0 aromatic heterocycles. The molecule has 0 bridgehead atoms. The monoisotopic (exact) mass is 300 g/mol. The molecule has 2 rings (SSSR count). The average molecular weight is 301 g/mol. The van der Waals surface area contributed by atoms with Crippen molar-refractivity contribution in [2.24, 2.45) is 0 Å². The number of Topliss-reactive ketones (excluding diaryl/α,β-unsaturated/α-hetero) is 1. The van der Waals surface area contributed by atoms with Crippen molar-refractivity contribution in [1.82, 2.24) is 0 Å². The highest BCUT2D eigenvalue weighted by molar-refractivity contribution is 6.35. The summed E-state index contributed by atoms with van der Waals surface area (Å²) in [6.45, 7) is 0. The largest absolute Gasteiger partial charge is 0.370 e. The normalized spacial score (nSPS) is 18.3. The molecule has 0 aliphatic heterocycles. The van der Waals surface area contributed by atoms with E-state index in [1.807, 2.05) is 6.07 Å². The number of benzene rings is 1. The molecule has 1 aromatic rings. The topological polar surface area (TPSA) is 26.3 Å². The van der Waals surface area contributed by atoms with Gasteiger partial charge in [-0.2, -0.15) is 0 Å². The third kappa shape index (κ3) is 3.31. The van der Waals surface area contributed by atoms with E-state index in [0.717, 1.165) is 31.2 Å². The van der Waals surface area contributed by atoms with Gasteiger partial charge in [-0.1, -0.05) is 48.5 Å². The maximum absolute atomic E-state index is 12.5. The highest BCUT2D eigenvalue weighted by atomic mass is 35.5. The molecule has 0 spiro atoms. The molecule has 0 atom stereocenters. The molecule has 104 valence electrons. The molecule has 0 radical (unpaired) electrons. The Hall–Kier alpha value is -0.570. The first kappa shape index (κ1) is 14.8. The van der Waals surface area contributed by atoms with Crippen LogP contribution in [0.2, 0.25) is 10.0 Å². The Morgan fingerprint density at radius 3 is 2.53 bits per heavy atom. The van der Waals surface area contributed by atoms with Crippen molar-refractivity contribution in [1.29, 1.82) is 0 Å². The first-order valence-electron chi connectivity index (χ1n) is 6.60. The van der Waals surface area contributed by atoms with Crippen LogP contribution in [0.15, 0.2) is 18.2 Å². The van der Waals surface area contributed by atoms with E-state index in [-0.39, 0.29) is 5.78 Å². The molecule has 1 aromatic carbocycles. The molecule has 0 amide bonds. The minimum absolute atomic E-state index is 0.124. The Labute approximate surface area is 124 Å². The highest BCUT2D eigenvalue weighted by Gasteiger charge is 2.39. The number of ketones is 1. The minimum atomic E-state index is -0.610. The van der Waals surface area contributed by atoms with Crippen LogP contribution >= 0.6 is 23.2 Å². The Bertz CT molecular complexity index is 465. The Morgan fingerprint density at radius 1 is 1.26 bits per heavy atom. The molecule has 1 saturated carbocycles. The highest BCUT2D eigenvalue weighted by Crippen LogP contribution is 2.33. The predicted octanol–water partition coefficient (Wildman–Crippen LogP) is 4.45. The summed E-state index contributed by atoms with van der Waals surface area (Å²) >= 11 is 12.0. The SMILES string of the molecule is COC1(C(=O)Cc2ccc(Cl)cc2Cl)CCCCC1. The summed E-state index contributed by atoms with van der Waals surface area (Å²) in [6.07, 6.45) is 5.22. The van der Waals surface area contributed by atoms with Gasteiger partial charge in [0.2, 0.25) is 0 Å². The Kier molecular flexibility index (Phi) is 4.88. The number of hydrogen-bond donors (Lipinski definition) is 0. The summed E-state index contributed by atoms with van der Waals surface area (Å²) in [5, 5.41) is 1.13. The van der Waals surface area contributed by atoms with Gasteiger partial charge in [0.05, 0.1) is 0 Å². The van der Waals surface area contributed by atoms with E-state index in [2.05, 4.69) is 0 Å². The molecule has 1 aliphatic carbocycles. The molecule has 19 heavy (non-hydrogen) atoms. The summed E-state index contributed by atoms with van der Waals surface area (Å²) < 4.78 is 5.56. The first-order chi connectivity index (χ1) is 9.07. The van der Waals surface area contributed by atoms with Gasteiger partial charge in [-0.25, -0.2) is 0 Å². The van der Waals surface area contributed by atoms with Crippen molar-refractivity contribution in [3.8, 4) is 0 Å². The van der Waals surface area contributed by atoms with E-state index in [4.69, 9.17) is 27.9 Å². The summed E-state index contributed by atoms with van der Waals surface area (Å²) in [5.41, 5.74) is 0.208. The maximum atomic E-state index is 12.5. The van der Waals surface area contributed by atoms with E-state index in [9.17, 15) is 4.79 Å². The van der Waals surface area contributed by atoms with Crippen LogP contribution in [0.3, 0.4) is 0 Å². The van der Waals surface area contributed by atoms with E-state index >= 15 is 0 Å². The Morgan fingerprint density at radius 2 is 1.95 bits per heavy atom. The maximum Gasteiger partial charge on any atom is 0.169 e. The van der Waals surface area contributed by atoms with Gasteiger partial charge in [0.25, 0.3) is 0 Å². The summed E-state index contributed by atoms with van der Waals surface area (Å²) in [5.74, 6) is 0.124. The number of carbonyl (C=O) groups excluding carboxylic acids is 1. The lowest BCUT2D eigenvalue weighted by Crippen LogP contribution is -2.43. The number of carbonyl (C=O) groups is 1. The minimum Gasteiger partial charge on any atom is -0.370 e. The van der Waals surface area contributed by atoms with Gasteiger partial charge in [0, 0.05) is 23.6 Å². The van der Waals surface area contributed by atoms with Gasteiger partial charge in [-0.05, 0) is 30.5 Å². The number of hydrogen-bond acceptors (Lipinski definition) is 2. The van der Waals surface area contributed by atoms with Crippen LogP contribution in [-0.4, -0.2) is 18.5 Å². The van der Waals surface area contributed by atoms with Crippen LogP contribution in [-0.2, 0) is 16.0 Å². The van der Waals surface area contributed by atoms with Crippen molar-refractivity contribution in [3.05, 3.63) is 33.8 Å². The van der Waals surface area contributed by atoms with Crippen molar-refractivity contribution < 1.29 is 9.53 Å². The van der Waals surface area contributed by atoms with E-state index < -0.39 is 5.60 Å². The molecular weight excluding hydrogens is 283 g/mol. The predicted molar refractivity (Wildman–Crippen MR) is 78.0 cm³/mol. The standard InChI is InChI=1S/C15H18Cl2O2/c1-19-15(7-3-2-4-8-15)14(18)9-11-5-6-12(16)10-13(11)17/h5-6,10H,2-4,7-9H2,1H3. The molecule has 1 fully saturated rings. The van der Waals surface area contributed by atoms with Crippen molar-refractivity contribution in [3.63, 3.8) is 0 Å². The third-order valence-electron chi connectivity index (χ3n) is 3.93. The van der Waals surface area contributed by atoms with Crippen LogP contribution in [0.5, 0.6) is 0 Å². The zero-order valence-electron chi connectivity index (χ0n) is 11.0. The second-order valence-corrected chi connectivity index (χ2v) is 5.94. The lowest BCUT2D eigenvalue weighted by atomic mass is 9.79. The fourth-order valence-electron chi connectivity index (χ4n) is 2.72. The van der Waals surface area contributed by atoms with E-state index in [1.54, 1.807) is 19.2 Å². The van der Waals surface area contributed by atoms with Gasteiger partial charge in [0.1, 0.15) is 5.60 Å². The zero-order chi connectivity index (χ0) is 13.9. The summed E-state index contributed by atoms with van der Waals surface area (Å²) in [6, 6.07) is 5.25. The van der Waals surface area contributed by atoms with Crippen molar-refractivity contribution >= 4 is 29.0 Å². The van der Waals surface area contributed by atoms with Crippen molar-refractivity contribution in [2.75, 3.05) is 7.11 Å². The number of methoxy groups -OCH3 is 1. The second-order valence-electron chi connectivity index (χ2n) is 5.09. The quantitative estimate of drug-likeness (QED) is 0.821. The molecule has 0 heterocycles. The van der Waals surface area contributed by atoms with Crippen LogP contribution in [0.25, 0.3) is 0 Å². The summed E-state index contributed by atoms with van der Waals surface area (Å²) in [7, 11) is 1.63. The molecule has 0 N–H and O–H groups in total. The van der Waals surface area contributed by atoms with Crippen molar-refractivity contribution in [2.45, 2.75) is 44.1 Å². The fraction of sp³-hybridized carbons (Fsp3) is 0.533. The molecule has 0 saturated heterocycles. The van der Waals surface area contributed by atoms with E-state index in [1.165, 1.54) is 6.42 Å². The molecule has 2 nitrogen and oxygen atoms in total. The molecular formula is C15H18Cl2O2. The van der Waals surface area contributed by atoms with Gasteiger partial charge in [-0.3, -0.25) is 4.79 Å². The third-order valence-corrected chi connectivity index (χ3v) is 4.51.